The number of methoxy groups -OCH3 is 1. The van der Waals surface area contributed by atoms with Gasteiger partial charge in [-0.25, -0.2) is 9.18 Å². The lowest BCUT2D eigenvalue weighted by Crippen LogP contribution is -2.30. The summed E-state index contributed by atoms with van der Waals surface area (Å²) in [5, 5.41) is 3.02. The number of fused-ring (bicyclic) bond motifs is 2. The Labute approximate surface area is 181 Å². The van der Waals surface area contributed by atoms with Crippen LogP contribution in [-0.2, 0) is 20.9 Å². The van der Waals surface area contributed by atoms with Gasteiger partial charge in [0, 0.05) is 34.5 Å². The molecule has 1 aromatic heterocycles. The average Bonchev–Trinajstić information content (AvgIpc) is 3.14. The Morgan fingerprint density at radius 2 is 1.97 bits per heavy atom. The van der Waals surface area contributed by atoms with Crippen LogP contribution in [0.25, 0.3) is 10.1 Å². The number of amides is 1. The zero-order valence-electron chi connectivity index (χ0n) is 16.9. The molecule has 0 saturated carbocycles. The van der Waals surface area contributed by atoms with Crippen molar-refractivity contribution in [2.45, 2.75) is 19.6 Å². The smallest absolute Gasteiger partial charge is 0.349 e. The fourth-order valence-corrected chi connectivity index (χ4v) is 4.35. The Bertz CT molecular complexity index is 1140. The van der Waals surface area contributed by atoms with Crippen molar-refractivity contribution in [3.05, 3.63) is 52.7 Å². The maximum absolute atomic E-state index is 14.3. The molecule has 1 aliphatic heterocycles. The monoisotopic (exact) mass is 445 g/mol. The Morgan fingerprint density at radius 1 is 1.19 bits per heavy atom. The number of carbonyl (C=O) groups is 2. The van der Waals surface area contributed by atoms with Gasteiger partial charge >= 0.3 is 5.97 Å². The molecule has 1 amide bonds. The third-order valence-electron chi connectivity index (χ3n) is 4.70. The molecule has 1 unspecified atom stereocenters. The van der Waals surface area contributed by atoms with E-state index in [1.54, 1.807) is 30.3 Å². The van der Waals surface area contributed by atoms with E-state index in [0.717, 1.165) is 11.3 Å². The van der Waals surface area contributed by atoms with Crippen LogP contribution >= 0.6 is 11.3 Å². The second-order valence-electron chi connectivity index (χ2n) is 6.85. The number of carbonyl (C=O) groups excluding carboxylic acids is 2. The molecule has 0 spiro atoms. The average molecular weight is 445 g/mol. The molecule has 0 bridgehead atoms. The highest BCUT2D eigenvalue weighted by Gasteiger charge is 2.26. The molecular formula is C22H20FNO6S. The van der Waals surface area contributed by atoms with Gasteiger partial charge in [0.05, 0.1) is 6.61 Å². The molecule has 31 heavy (non-hydrogen) atoms. The van der Waals surface area contributed by atoms with E-state index in [4.69, 9.17) is 18.9 Å². The van der Waals surface area contributed by atoms with Gasteiger partial charge < -0.3 is 24.3 Å². The lowest BCUT2D eigenvalue weighted by molar-refractivity contribution is -0.123. The van der Waals surface area contributed by atoms with Crippen LogP contribution in [0.15, 0.2) is 36.4 Å². The van der Waals surface area contributed by atoms with Gasteiger partial charge in [0.2, 0.25) is 0 Å². The van der Waals surface area contributed by atoms with E-state index in [0.29, 0.717) is 46.0 Å². The van der Waals surface area contributed by atoms with E-state index in [-0.39, 0.29) is 11.5 Å². The number of anilines is 1. The minimum atomic E-state index is -1.08. The molecule has 4 rings (SSSR count). The molecular weight excluding hydrogens is 425 g/mol. The van der Waals surface area contributed by atoms with Crippen molar-refractivity contribution >= 4 is 39.0 Å². The highest BCUT2D eigenvalue weighted by atomic mass is 32.1. The normalized spacial score (nSPS) is 13.6. The van der Waals surface area contributed by atoms with Crippen LogP contribution in [-0.4, -0.2) is 38.3 Å². The molecule has 3 aromatic rings. The van der Waals surface area contributed by atoms with Gasteiger partial charge in [-0.2, -0.15) is 0 Å². The number of halogens is 1. The molecule has 1 aliphatic rings. The van der Waals surface area contributed by atoms with Crippen molar-refractivity contribution in [1.29, 1.82) is 0 Å². The number of nitrogens with one attached hydrogen (secondary N) is 1. The van der Waals surface area contributed by atoms with Crippen molar-refractivity contribution < 1.29 is 32.9 Å². The Hall–Kier alpha value is -3.17. The Kier molecular flexibility index (Phi) is 6.06. The van der Waals surface area contributed by atoms with Crippen molar-refractivity contribution in [3.8, 4) is 11.5 Å². The lowest BCUT2D eigenvalue weighted by Gasteiger charge is -2.19. The van der Waals surface area contributed by atoms with Crippen LogP contribution in [0.4, 0.5) is 10.1 Å². The summed E-state index contributed by atoms with van der Waals surface area (Å²) in [6.45, 7) is 2.41. The summed E-state index contributed by atoms with van der Waals surface area (Å²) >= 11 is 1.10. The number of esters is 1. The third kappa shape index (κ3) is 4.33. The molecule has 1 N–H and O–H groups in total. The van der Waals surface area contributed by atoms with Crippen molar-refractivity contribution in [2.75, 3.05) is 25.6 Å². The van der Waals surface area contributed by atoms with Gasteiger partial charge in [-0.05, 0) is 31.2 Å². The fourth-order valence-electron chi connectivity index (χ4n) is 3.25. The van der Waals surface area contributed by atoms with E-state index < -0.39 is 23.8 Å². The van der Waals surface area contributed by atoms with Gasteiger partial charge in [0.15, 0.2) is 17.6 Å². The third-order valence-corrected chi connectivity index (χ3v) is 5.88. The van der Waals surface area contributed by atoms with Gasteiger partial charge in [-0.3, -0.25) is 4.79 Å². The number of hydrogen-bond donors (Lipinski definition) is 1. The molecule has 0 radical (unpaired) electrons. The topological polar surface area (TPSA) is 83.1 Å². The van der Waals surface area contributed by atoms with Crippen LogP contribution < -0.4 is 14.8 Å². The first kappa shape index (κ1) is 21.1. The quantitative estimate of drug-likeness (QED) is 0.574. The maximum atomic E-state index is 14.3. The number of hydrogen-bond acceptors (Lipinski definition) is 7. The predicted octanol–water partition coefficient (Wildman–Crippen LogP) is 4.14. The highest BCUT2D eigenvalue weighted by molar-refractivity contribution is 7.21. The number of thiophene rings is 1. The zero-order chi connectivity index (χ0) is 22.0. The zero-order valence-corrected chi connectivity index (χ0v) is 17.7. The van der Waals surface area contributed by atoms with E-state index in [2.05, 4.69) is 5.32 Å². The van der Waals surface area contributed by atoms with E-state index >= 15 is 0 Å². The molecule has 9 heteroatoms. The molecule has 0 aliphatic carbocycles. The first-order chi connectivity index (χ1) is 15.0. The Balaban J connectivity index is 1.49. The summed E-state index contributed by atoms with van der Waals surface area (Å²) in [5.41, 5.74) is 0.895. The molecule has 1 atom stereocenters. The molecule has 0 fully saturated rings. The van der Waals surface area contributed by atoms with Gasteiger partial charge in [-0.1, -0.05) is 6.07 Å². The minimum Gasteiger partial charge on any atom is -0.486 e. The summed E-state index contributed by atoms with van der Waals surface area (Å²) in [4.78, 5) is 25.5. The number of rotatable bonds is 6. The predicted molar refractivity (Wildman–Crippen MR) is 113 cm³/mol. The summed E-state index contributed by atoms with van der Waals surface area (Å²) in [6, 6.07) is 9.63. The van der Waals surface area contributed by atoms with Crippen LogP contribution in [0, 0.1) is 5.82 Å². The molecule has 7 nitrogen and oxygen atoms in total. The lowest BCUT2D eigenvalue weighted by atomic mass is 10.1. The van der Waals surface area contributed by atoms with Crippen molar-refractivity contribution in [1.82, 2.24) is 0 Å². The van der Waals surface area contributed by atoms with E-state index in [9.17, 15) is 14.0 Å². The maximum Gasteiger partial charge on any atom is 0.349 e. The standard InChI is InChI=1S/C22H20FNO6S/c1-12(21(25)24-13-6-7-16-17(10-13)29-9-8-28-16)30-22(26)20-14(11-27-2)19-15(23)4-3-5-18(19)31-20/h3-7,10,12H,8-9,11H2,1-2H3,(H,24,25). The SMILES string of the molecule is COCc1c(C(=O)OC(C)C(=O)Nc2ccc3c(c2)OCCO3)sc2cccc(F)c12. The highest BCUT2D eigenvalue weighted by Crippen LogP contribution is 2.35. The summed E-state index contributed by atoms with van der Waals surface area (Å²) in [6.07, 6.45) is -1.08. The first-order valence-corrected chi connectivity index (χ1v) is 10.4. The number of ether oxygens (including phenoxy) is 4. The van der Waals surface area contributed by atoms with Crippen molar-refractivity contribution in [3.63, 3.8) is 0 Å². The summed E-state index contributed by atoms with van der Waals surface area (Å²) < 4.78 is 36.4. The van der Waals surface area contributed by atoms with Crippen LogP contribution in [0.3, 0.4) is 0 Å². The van der Waals surface area contributed by atoms with Gasteiger partial charge in [-0.15, -0.1) is 11.3 Å². The number of benzene rings is 2. The largest absolute Gasteiger partial charge is 0.486 e. The Morgan fingerprint density at radius 3 is 2.74 bits per heavy atom. The van der Waals surface area contributed by atoms with E-state index in [1.165, 1.54) is 20.1 Å². The van der Waals surface area contributed by atoms with Crippen LogP contribution in [0.2, 0.25) is 0 Å². The van der Waals surface area contributed by atoms with Crippen molar-refractivity contribution in [2.24, 2.45) is 0 Å². The first-order valence-electron chi connectivity index (χ1n) is 9.58. The van der Waals surface area contributed by atoms with E-state index in [1.807, 2.05) is 0 Å². The van der Waals surface area contributed by atoms with Crippen LogP contribution in [0.1, 0.15) is 22.2 Å². The minimum absolute atomic E-state index is 0.0448. The second kappa shape index (κ2) is 8.91. The summed E-state index contributed by atoms with van der Waals surface area (Å²) in [5.74, 6) is -0.524. The molecule has 2 heterocycles. The molecule has 2 aromatic carbocycles. The van der Waals surface area contributed by atoms with Gasteiger partial charge in [0.1, 0.15) is 23.9 Å². The second-order valence-corrected chi connectivity index (χ2v) is 7.90. The summed E-state index contributed by atoms with van der Waals surface area (Å²) in [7, 11) is 1.46. The fraction of sp³-hybridized carbons (Fsp3) is 0.273. The molecule has 0 saturated heterocycles. The van der Waals surface area contributed by atoms with Crippen LogP contribution in [0.5, 0.6) is 11.5 Å². The molecule has 162 valence electrons. The van der Waals surface area contributed by atoms with Gasteiger partial charge in [0.25, 0.3) is 5.91 Å².